The van der Waals surface area contributed by atoms with Crippen molar-refractivity contribution in [2.45, 2.75) is 18.9 Å². The van der Waals surface area contributed by atoms with E-state index in [9.17, 15) is 4.79 Å². The molecule has 3 rings (SSSR count). The average molecular weight is 310 g/mol. The summed E-state index contributed by atoms with van der Waals surface area (Å²) in [6, 6.07) is 0.527. The highest BCUT2D eigenvalue weighted by Crippen LogP contribution is 2.34. The lowest BCUT2D eigenvalue weighted by atomic mass is 10.5. The zero-order valence-corrected chi connectivity index (χ0v) is 11.4. The van der Waals surface area contributed by atoms with E-state index >= 15 is 0 Å². The van der Waals surface area contributed by atoms with Gasteiger partial charge in [-0.1, -0.05) is 0 Å². The van der Waals surface area contributed by atoms with Gasteiger partial charge in [-0.3, -0.25) is 9.48 Å². The predicted molar refractivity (Wildman–Crippen MR) is 71.0 cm³/mol. The van der Waals surface area contributed by atoms with E-state index in [4.69, 9.17) is 0 Å². The highest BCUT2D eigenvalue weighted by Gasteiger charge is 2.24. The molecule has 6 nitrogen and oxygen atoms in total. The van der Waals surface area contributed by atoms with Crippen molar-refractivity contribution in [3.05, 3.63) is 33.5 Å². The van der Waals surface area contributed by atoms with E-state index in [1.54, 1.807) is 19.4 Å². The minimum absolute atomic E-state index is 0.169. The number of aryl methyl sites for hydroxylation is 1. The SMILES string of the molecule is Cn1cc(Br)nc(Nc2cnn(C3CC3)c2)c1=O. The van der Waals surface area contributed by atoms with E-state index in [1.807, 2.05) is 10.9 Å². The van der Waals surface area contributed by atoms with Crippen molar-refractivity contribution in [2.75, 3.05) is 5.32 Å². The van der Waals surface area contributed by atoms with E-state index in [2.05, 4.69) is 31.3 Å². The van der Waals surface area contributed by atoms with Crippen LogP contribution in [0.5, 0.6) is 0 Å². The summed E-state index contributed by atoms with van der Waals surface area (Å²) in [6.07, 6.45) is 7.59. The van der Waals surface area contributed by atoms with Gasteiger partial charge in [0.1, 0.15) is 4.60 Å². The summed E-state index contributed by atoms with van der Waals surface area (Å²) in [5, 5.41) is 7.25. The fraction of sp³-hybridized carbons (Fsp3) is 0.364. The molecule has 2 heterocycles. The Bertz CT molecular complexity index is 643. The van der Waals surface area contributed by atoms with E-state index in [0.717, 1.165) is 5.69 Å². The molecule has 1 aliphatic rings. The first-order chi connectivity index (χ1) is 8.63. The minimum atomic E-state index is -0.169. The van der Waals surface area contributed by atoms with Crippen molar-refractivity contribution in [2.24, 2.45) is 7.05 Å². The normalized spacial score (nSPS) is 14.8. The summed E-state index contributed by atoms with van der Waals surface area (Å²) in [5.41, 5.74) is 0.613. The van der Waals surface area contributed by atoms with Gasteiger partial charge in [0.25, 0.3) is 5.56 Å². The van der Waals surface area contributed by atoms with Crippen LogP contribution in [0, 0.1) is 0 Å². The van der Waals surface area contributed by atoms with Crippen LogP contribution in [0.4, 0.5) is 11.5 Å². The van der Waals surface area contributed by atoms with E-state index in [-0.39, 0.29) is 5.56 Å². The molecule has 94 valence electrons. The molecule has 1 N–H and O–H groups in total. The molecule has 2 aromatic rings. The molecule has 0 aliphatic heterocycles. The molecule has 7 heteroatoms. The number of hydrogen-bond acceptors (Lipinski definition) is 4. The molecule has 0 amide bonds. The van der Waals surface area contributed by atoms with Crippen LogP contribution < -0.4 is 10.9 Å². The van der Waals surface area contributed by atoms with Crippen LogP contribution in [0.2, 0.25) is 0 Å². The number of nitrogens with one attached hydrogen (secondary N) is 1. The van der Waals surface area contributed by atoms with Crippen LogP contribution >= 0.6 is 15.9 Å². The van der Waals surface area contributed by atoms with Gasteiger partial charge in [0.05, 0.1) is 17.9 Å². The third-order valence-electron chi connectivity index (χ3n) is 2.83. The fourth-order valence-electron chi connectivity index (χ4n) is 1.73. The van der Waals surface area contributed by atoms with Crippen molar-refractivity contribution >= 4 is 27.4 Å². The van der Waals surface area contributed by atoms with Gasteiger partial charge in [0, 0.05) is 19.4 Å². The van der Waals surface area contributed by atoms with Gasteiger partial charge in [0.2, 0.25) is 0 Å². The molecule has 0 radical (unpaired) electrons. The first kappa shape index (κ1) is 11.5. The highest BCUT2D eigenvalue weighted by molar-refractivity contribution is 9.10. The first-order valence-electron chi connectivity index (χ1n) is 5.68. The molecular weight excluding hydrogens is 298 g/mol. The van der Waals surface area contributed by atoms with Crippen LogP contribution in [-0.4, -0.2) is 19.3 Å². The summed E-state index contributed by atoms with van der Waals surface area (Å²) in [4.78, 5) is 16.0. The van der Waals surface area contributed by atoms with Crippen LogP contribution in [-0.2, 0) is 7.05 Å². The first-order valence-corrected chi connectivity index (χ1v) is 6.47. The van der Waals surface area contributed by atoms with Gasteiger partial charge in [-0.25, -0.2) is 4.98 Å². The minimum Gasteiger partial charge on any atom is -0.333 e. The third-order valence-corrected chi connectivity index (χ3v) is 3.21. The van der Waals surface area contributed by atoms with E-state index < -0.39 is 0 Å². The molecule has 0 atom stereocenters. The maximum Gasteiger partial charge on any atom is 0.293 e. The van der Waals surface area contributed by atoms with Crippen LogP contribution in [0.3, 0.4) is 0 Å². The molecule has 1 fully saturated rings. The lowest BCUT2D eigenvalue weighted by Crippen LogP contribution is -2.20. The van der Waals surface area contributed by atoms with Gasteiger partial charge in [-0.15, -0.1) is 0 Å². The summed E-state index contributed by atoms with van der Waals surface area (Å²) in [7, 11) is 1.69. The maximum atomic E-state index is 11.9. The zero-order valence-electron chi connectivity index (χ0n) is 9.80. The van der Waals surface area contributed by atoms with Gasteiger partial charge in [0.15, 0.2) is 5.82 Å². The van der Waals surface area contributed by atoms with Crippen molar-refractivity contribution in [1.29, 1.82) is 0 Å². The maximum absolute atomic E-state index is 11.9. The Morgan fingerprint density at radius 3 is 2.94 bits per heavy atom. The van der Waals surface area contributed by atoms with E-state index in [0.29, 0.717) is 16.5 Å². The number of hydrogen-bond donors (Lipinski definition) is 1. The molecule has 0 spiro atoms. The van der Waals surface area contributed by atoms with Crippen molar-refractivity contribution < 1.29 is 0 Å². The Balaban J connectivity index is 1.89. The highest BCUT2D eigenvalue weighted by atomic mass is 79.9. The quantitative estimate of drug-likeness (QED) is 0.939. The second-order valence-corrected chi connectivity index (χ2v) is 5.21. The summed E-state index contributed by atoms with van der Waals surface area (Å²) in [5.74, 6) is 0.294. The molecule has 18 heavy (non-hydrogen) atoms. The third kappa shape index (κ3) is 2.17. The monoisotopic (exact) mass is 309 g/mol. The second kappa shape index (κ2) is 4.24. The Labute approximate surface area is 112 Å². The molecular formula is C11H12BrN5O. The van der Waals surface area contributed by atoms with Gasteiger partial charge < -0.3 is 9.88 Å². The largest absolute Gasteiger partial charge is 0.333 e. The lowest BCUT2D eigenvalue weighted by Gasteiger charge is -2.04. The Morgan fingerprint density at radius 2 is 2.22 bits per heavy atom. The number of nitrogens with zero attached hydrogens (tertiary/aromatic N) is 4. The molecule has 0 unspecified atom stereocenters. The topological polar surface area (TPSA) is 64.7 Å². The number of anilines is 2. The molecule has 1 saturated carbocycles. The summed E-state index contributed by atoms with van der Waals surface area (Å²) < 4.78 is 4.01. The van der Waals surface area contributed by atoms with Crippen molar-refractivity contribution in [1.82, 2.24) is 19.3 Å². The van der Waals surface area contributed by atoms with E-state index in [1.165, 1.54) is 17.4 Å². The standard InChI is InChI=1S/C11H12BrN5O/c1-16-6-9(12)15-10(11(16)18)14-7-4-13-17(5-7)8-2-3-8/h4-6,8H,2-3H2,1H3,(H,14,15). The summed E-state index contributed by atoms with van der Waals surface area (Å²) >= 11 is 3.27. The van der Waals surface area contributed by atoms with Gasteiger partial charge in [-0.2, -0.15) is 5.10 Å². The Morgan fingerprint density at radius 1 is 1.44 bits per heavy atom. The lowest BCUT2D eigenvalue weighted by molar-refractivity contribution is 0.642. The predicted octanol–water partition coefficient (Wildman–Crippen LogP) is 1.82. The smallest absolute Gasteiger partial charge is 0.293 e. The van der Waals surface area contributed by atoms with Crippen molar-refractivity contribution in [3.8, 4) is 0 Å². The average Bonchev–Trinajstić information content (AvgIpc) is 3.07. The van der Waals surface area contributed by atoms with Crippen LogP contribution in [0.15, 0.2) is 28.0 Å². The van der Waals surface area contributed by atoms with Gasteiger partial charge in [-0.05, 0) is 28.8 Å². The Kier molecular flexibility index (Phi) is 2.70. The zero-order chi connectivity index (χ0) is 12.7. The van der Waals surface area contributed by atoms with Gasteiger partial charge >= 0.3 is 0 Å². The molecule has 1 aliphatic carbocycles. The molecule has 0 saturated heterocycles. The molecule has 0 bridgehead atoms. The fourth-order valence-corrected chi connectivity index (χ4v) is 2.21. The number of aromatic nitrogens is 4. The Hall–Kier alpha value is -1.63. The number of rotatable bonds is 3. The summed E-state index contributed by atoms with van der Waals surface area (Å²) in [6.45, 7) is 0. The molecule has 2 aromatic heterocycles. The van der Waals surface area contributed by atoms with Crippen molar-refractivity contribution in [3.63, 3.8) is 0 Å². The number of halogens is 1. The second-order valence-electron chi connectivity index (χ2n) is 4.39. The molecule has 0 aromatic carbocycles. The van der Waals surface area contributed by atoms with Crippen LogP contribution in [0.25, 0.3) is 0 Å². The van der Waals surface area contributed by atoms with Crippen LogP contribution in [0.1, 0.15) is 18.9 Å².